The standard InChI is InChI=1S/C17H15N3O2/c21-14-7-5-12(6-8-14)10-19-20-17(22)9-13-11-18-16-4-2-1-3-15(13)16/h1-8,10-11,18,21H,9H2,(H,20,22)/b19-10+. The van der Waals surface area contributed by atoms with E-state index in [0.29, 0.717) is 0 Å². The number of hydrogen-bond donors (Lipinski definition) is 3. The highest BCUT2D eigenvalue weighted by Gasteiger charge is 2.07. The topological polar surface area (TPSA) is 77.5 Å². The molecule has 22 heavy (non-hydrogen) atoms. The van der Waals surface area contributed by atoms with Crippen LogP contribution in [0.1, 0.15) is 11.1 Å². The van der Waals surface area contributed by atoms with Crippen LogP contribution in [0.2, 0.25) is 0 Å². The number of fused-ring (bicyclic) bond motifs is 1. The van der Waals surface area contributed by atoms with Gasteiger partial charge in [0, 0.05) is 17.1 Å². The van der Waals surface area contributed by atoms with Crippen molar-refractivity contribution in [2.24, 2.45) is 5.10 Å². The predicted octanol–water partition coefficient (Wildman–Crippen LogP) is 2.57. The van der Waals surface area contributed by atoms with Crippen molar-refractivity contribution in [2.45, 2.75) is 6.42 Å². The van der Waals surface area contributed by atoms with E-state index < -0.39 is 0 Å². The second-order valence-electron chi connectivity index (χ2n) is 4.92. The summed E-state index contributed by atoms with van der Waals surface area (Å²) in [6, 6.07) is 14.4. The Morgan fingerprint density at radius 1 is 1.18 bits per heavy atom. The largest absolute Gasteiger partial charge is 0.508 e. The van der Waals surface area contributed by atoms with Gasteiger partial charge in [-0.25, -0.2) is 5.43 Å². The highest BCUT2D eigenvalue weighted by Crippen LogP contribution is 2.17. The van der Waals surface area contributed by atoms with Gasteiger partial charge in [-0.05, 0) is 41.5 Å². The van der Waals surface area contributed by atoms with E-state index in [4.69, 9.17) is 0 Å². The normalized spacial score (nSPS) is 11.1. The van der Waals surface area contributed by atoms with Gasteiger partial charge in [-0.3, -0.25) is 4.79 Å². The number of carbonyl (C=O) groups excluding carboxylic acids is 1. The number of H-pyrrole nitrogens is 1. The maximum atomic E-state index is 11.9. The van der Waals surface area contributed by atoms with Crippen molar-refractivity contribution in [1.29, 1.82) is 0 Å². The van der Waals surface area contributed by atoms with Crippen molar-refractivity contribution < 1.29 is 9.90 Å². The van der Waals surface area contributed by atoms with Gasteiger partial charge in [-0.1, -0.05) is 18.2 Å². The second kappa shape index (κ2) is 6.13. The zero-order chi connectivity index (χ0) is 15.4. The maximum Gasteiger partial charge on any atom is 0.244 e. The average molecular weight is 293 g/mol. The van der Waals surface area contributed by atoms with E-state index in [-0.39, 0.29) is 18.1 Å². The van der Waals surface area contributed by atoms with E-state index in [1.54, 1.807) is 24.3 Å². The van der Waals surface area contributed by atoms with Crippen molar-refractivity contribution in [2.75, 3.05) is 0 Å². The molecule has 1 aromatic heterocycles. The van der Waals surface area contributed by atoms with Crippen LogP contribution < -0.4 is 5.43 Å². The fraction of sp³-hybridized carbons (Fsp3) is 0.0588. The highest BCUT2D eigenvalue weighted by atomic mass is 16.3. The van der Waals surface area contributed by atoms with Crippen LogP contribution in [0.15, 0.2) is 59.8 Å². The van der Waals surface area contributed by atoms with Crippen LogP contribution in [0, 0.1) is 0 Å². The van der Waals surface area contributed by atoms with Crippen LogP contribution in [0.5, 0.6) is 5.75 Å². The minimum Gasteiger partial charge on any atom is -0.508 e. The number of hydrogen-bond acceptors (Lipinski definition) is 3. The molecule has 0 aliphatic carbocycles. The van der Waals surface area contributed by atoms with Crippen molar-refractivity contribution in [3.05, 3.63) is 65.9 Å². The zero-order valence-corrected chi connectivity index (χ0v) is 11.8. The summed E-state index contributed by atoms with van der Waals surface area (Å²) < 4.78 is 0. The zero-order valence-electron chi connectivity index (χ0n) is 11.8. The number of aromatic hydroxyl groups is 1. The summed E-state index contributed by atoms with van der Waals surface area (Å²) in [4.78, 5) is 15.1. The molecule has 3 aromatic rings. The number of carbonyl (C=O) groups is 1. The van der Waals surface area contributed by atoms with Gasteiger partial charge >= 0.3 is 0 Å². The van der Waals surface area contributed by atoms with Gasteiger partial charge in [0.15, 0.2) is 0 Å². The number of phenolic OH excluding ortho intramolecular Hbond substituents is 1. The van der Waals surface area contributed by atoms with Gasteiger partial charge < -0.3 is 10.1 Å². The van der Waals surface area contributed by atoms with Gasteiger partial charge in [0.1, 0.15) is 5.75 Å². The number of aromatic amines is 1. The first-order valence-electron chi connectivity index (χ1n) is 6.88. The molecule has 0 spiro atoms. The van der Waals surface area contributed by atoms with Gasteiger partial charge in [-0.2, -0.15) is 5.10 Å². The number of nitrogens with one attached hydrogen (secondary N) is 2. The van der Waals surface area contributed by atoms with E-state index in [9.17, 15) is 9.90 Å². The molecule has 1 heterocycles. The number of benzene rings is 2. The predicted molar refractivity (Wildman–Crippen MR) is 85.8 cm³/mol. The lowest BCUT2D eigenvalue weighted by atomic mass is 10.1. The number of para-hydroxylation sites is 1. The Hall–Kier alpha value is -3.08. The number of hydrazone groups is 1. The molecule has 0 radical (unpaired) electrons. The Morgan fingerprint density at radius 2 is 1.95 bits per heavy atom. The van der Waals surface area contributed by atoms with Gasteiger partial charge in [0.05, 0.1) is 12.6 Å². The molecule has 110 valence electrons. The Morgan fingerprint density at radius 3 is 2.77 bits per heavy atom. The molecule has 2 aromatic carbocycles. The first-order chi connectivity index (χ1) is 10.7. The summed E-state index contributed by atoms with van der Waals surface area (Å²) >= 11 is 0. The first kappa shape index (κ1) is 13.9. The summed E-state index contributed by atoms with van der Waals surface area (Å²) in [5.41, 5.74) is 5.25. The monoisotopic (exact) mass is 293 g/mol. The third-order valence-corrected chi connectivity index (χ3v) is 3.32. The second-order valence-corrected chi connectivity index (χ2v) is 4.92. The molecular weight excluding hydrogens is 278 g/mol. The van der Waals surface area contributed by atoms with Crippen LogP contribution >= 0.6 is 0 Å². The van der Waals surface area contributed by atoms with E-state index in [1.807, 2.05) is 30.5 Å². The van der Waals surface area contributed by atoms with E-state index in [0.717, 1.165) is 22.0 Å². The van der Waals surface area contributed by atoms with Crippen molar-refractivity contribution in [3.63, 3.8) is 0 Å². The molecule has 3 rings (SSSR count). The van der Waals surface area contributed by atoms with Crippen LogP contribution in [0.25, 0.3) is 10.9 Å². The summed E-state index contributed by atoms with van der Waals surface area (Å²) in [5.74, 6) is 0.0142. The quantitative estimate of drug-likeness (QED) is 0.510. The SMILES string of the molecule is O=C(Cc1c[nH]c2ccccc12)N/N=C/c1ccc(O)cc1. The lowest BCUT2D eigenvalue weighted by Crippen LogP contribution is -2.19. The molecular formula is C17H15N3O2. The molecule has 0 aliphatic heterocycles. The fourth-order valence-corrected chi connectivity index (χ4v) is 2.23. The Labute approximate surface area is 127 Å². The summed E-state index contributed by atoms with van der Waals surface area (Å²) in [7, 11) is 0. The van der Waals surface area contributed by atoms with Gasteiger partial charge in [0.25, 0.3) is 0 Å². The Bertz CT molecular complexity index is 819. The first-order valence-corrected chi connectivity index (χ1v) is 6.88. The summed E-state index contributed by atoms with van der Waals surface area (Å²) in [5, 5.41) is 14.1. The maximum absolute atomic E-state index is 11.9. The molecule has 0 saturated carbocycles. The third kappa shape index (κ3) is 3.15. The van der Waals surface area contributed by atoms with Crippen LogP contribution in [-0.2, 0) is 11.2 Å². The van der Waals surface area contributed by atoms with Gasteiger partial charge in [-0.15, -0.1) is 0 Å². The molecule has 0 bridgehead atoms. The van der Waals surface area contributed by atoms with Crippen molar-refractivity contribution in [3.8, 4) is 5.75 Å². The minimum absolute atomic E-state index is 0.181. The molecule has 0 unspecified atom stereocenters. The third-order valence-electron chi connectivity index (χ3n) is 3.32. The van der Waals surface area contributed by atoms with E-state index in [2.05, 4.69) is 15.5 Å². The molecule has 5 nitrogen and oxygen atoms in total. The Kier molecular flexibility index (Phi) is 3.87. The van der Waals surface area contributed by atoms with Crippen LogP contribution in [-0.4, -0.2) is 22.2 Å². The summed E-state index contributed by atoms with van der Waals surface area (Å²) in [6.45, 7) is 0. The molecule has 1 amide bonds. The minimum atomic E-state index is -0.181. The number of aromatic nitrogens is 1. The lowest BCUT2D eigenvalue weighted by molar-refractivity contribution is -0.120. The molecule has 0 atom stereocenters. The number of nitrogens with zero attached hydrogens (tertiary/aromatic N) is 1. The molecule has 5 heteroatoms. The van der Waals surface area contributed by atoms with Gasteiger partial charge in [0.2, 0.25) is 5.91 Å². The highest BCUT2D eigenvalue weighted by molar-refractivity contribution is 5.89. The number of phenols is 1. The van der Waals surface area contributed by atoms with Crippen LogP contribution in [0.4, 0.5) is 0 Å². The van der Waals surface area contributed by atoms with Crippen molar-refractivity contribution >= 4 is 23.0 Å². The molecule has 3 N–H and O–H groups in total. The van der Waals surface area contributed by atoms with E-state index in [1.165, 1.54) is 6.21 Å². The van der Waals surface area contributed by atoms with E-state index >= 15 is 0 Å². The van der Waals surface area contributed by atoms with Crippen LogP contribution in [0.3, 0.4) is 0 Å². The Balaban J connectivity index is 1.62. The average Bonchev–Trinajstić information content (AvgIpc) is 2.93. The molecule has 0 saturated heterocycles. The smallest absolute Gasteiger partial charge is 0.244 e. The lowest BCUT2D eigenvalue weighted by Gasteiger charge is -1.99. The van der Waals surface area contributed by atoms with Crippen molar-refractivity contribution in [1.82, 2.24) is 10.4 Å². The fourth-order valence-electron chi connectivity index (χ4n) is 2.23. The molecule has 0 fully saturated rings. The number of rotatable bonds is 4. The molecule has 0 aliphatic rings. The summed E-state index contributed by atoms with van der Waals surface area (Å²) in [6.07, 6.45) is 3.64. The number of amides is 1.